The number of carboxylic acids is 1. The van der Waals surface area contributed by atoms with Crippen molar-refractivity contribution in [3.63, 3.8) is 0 Å². The summed E-state index contributed by atoms with van der Waals surface area (Å²) in [5.74, 6) is -3.83. The molecule has 2 aliphatic heterocycles. The van der Waals surface area contributed by atoms with E-state index in [9.17, 15) is 24.3 Å². The fourth-order valence-corrected chi connectivity index (χ4v) is 7.50. The minimum absolute atomic E-state index is 0.382. The molecule has 2 fully saturated rings. The first-order valence-electron chi connectivity index (χ1n) is 14.7. The van der Waals surface area contributed by atoms with Gasteiger partial charge in [0.2, 0.25) is 11.8 Å². The Bertz CT molecular complexity index is 1310. The number of hydrogen-bond acceptors (Lipinski definition) is 7. The van der Waals surface area contributed by atoms with E-state index in [4.69, 9.17) is 4.74 Å². The van der Waals surface area contributed by atoms with Crippen LogP contribution in [0.5, 0.6) is 5.75 Å². The van der Waals surface area contributed by atoms with Crippen LogP contribution in [0.3, 0.4) is 0 Å². The Hall–Kier alpha value is -3.37. The molecular weight excluding hydrogens is 554 g/mol. The highest BCUT2D eigenvalue weighted by Gasteiger charge is 2.64. The maximum atomic E-state index is 13.4. The maximum Gasteiger partial charge on any atom is 0.328 e. The number of aliphatic carboxylic acids is 1. The first-order valence-corrected chi connectivity index (χ1v) is 15.5. The number of carbonyl (C=O) groups is 4. The summed E-state index contributed by atoms with van der Waals surface area (Å²) in [6, 6.07) is 12.2. The van der Waals surface area contributed by atoms with Crippen LogP contribution in [0.2, 0.25) is 0 Å². The largest absolute Gasteiger partial charge is 0.480 e. The second-order valence-corrected chi connectivity index (χ2v) is 13.0. The van der Waals surface area contributed by atoms with Crippen molar-refractivity contribution in [2.75, 3.05) is 19.6 Å². The standard InChI is InChI=1S/C26H26N2O6S.C6H15N/c1-26(2)20(24(31)32)28-22(30)19(23(28)35-26)27-21(29)18(15-7-4-3-5-8-15)25(33)34-17-12-11-14-9-6-10-16(14)13-17;1-4-7(5-2)6-3/h3-5,7-8,11-13,18-20,23H,6,9-10H2,1-2H3,(H,27,29)(H,31,32);4-6H2,1-3H3/t18?,19?,20?,23-;/m0./s1. The van der Waals surface area contributed by atoms with Crippen LogP contribution in [-0.2, 0) is 32.0 Å². The first-order chi connectivity index (χ1) is 20.0. The van der Waals surface area contributed by atoms with E-state index in [0.717, 1.165) is 24.8 Å². The molecule has 2 saturated heterocycles. The number of amides is 2. The summed E-state index contributed by atoms with van der Waals surface area (Å²) in [6.07, 6.45) is 2.99. The van der Waals surface area contributed by atoms with Crippen molar-refractivity contribution >= 4 is 35.5 Å². The van der Waals surface area contributed by atoms with Crippen LogP contribution in [0.1, 0.15) is 63.6 Å². The number of β-lactam (4-membered cyclic amide) rings is 1. The van der Waals surface area contributed by atoms with Crippen LogP contribution in [0.15, 0.2) is 48.5 Å². The third-order valence-corrected chi connectivity index (χ3v) is 9.81. The summed E-state index contributed by atoms with van der Waals surface area (Å²) in [5, 5.41) is 11.8. The number of aryl methyl sites for hydroxylation is 2. The lowest BCUT2D eigenvalue weighted by Crippen LogP contribution is -2.71. The quantitative estimate of drug-likeness (QED) is 0.194. The van der Waals surface area contributed by atoms with Crippen molar-refractivity contribution in [1.82, 2.24) is 15.1 Å². The van der Waals surface area contributed by atoms with Crippen molar-refractivity contribution < 1.29 is 29.0 Å². The van der Waals surface area contributed by atoms with Gasteiger partial charge in [-0.2, -0.15) is 0 Å². The molecule has 2 aromatic carbocycles. The number of ether oxygens (including phenoxy) is 1. The number of carboxylic acid groups (broad SMARTS) is 1. The predicted molar refractivity (Wildman–Crippen MR) is 162 cm³/mol. The van der Waals surface area contributed by atoms with Gasteiger partial charge in [-0.25, -0.2) is 4.79 Å². The molecule has 3 aliphatic rings. The number of thioether (sulfide) groups is 1. The molecule has 2 N–H and O–H groups in total. The van der Waals surface area contributed by atoms with Gasteiger partial charge in [0, 0.05) is 4.75 Å². The number of nitrogens with one attached hydrogen (secondary N) is 1. The Balaban J connectivity index is 0.000000517. The molecule has 2 aromatic rings. The van der Waals surface area contributed by atoms with Gasteiger partial charge in [0.1, 0.15) is 23.2 Å². The van der Waals surface area contributed by atoms with Gasteiger partial charge in [-0.05, 0) is 81.6 Å². The lowest BCUT2D eigenvalue weighted by molar-refractivity contribution is -0.161. The zero-order valence-electron chi connectivity index (χ0n) is 25.0. The number of fused-ring (bicyclic) bond motifs is 2. The molecule has 0 saturated carbocycles. The average Bonchev–Trinajstić information content (AvgIpc) is 3.53. The van der Waals surface area contributed by atoms with E-state index >= 15 is 0 Å². The minimum atomic E-state index is -1.28. The summed E-state index contributed by atoms with van der Waals surface area (Å²) in [5.41, 5.74) is 2.83. The fourth-order valence-electron chi connectivity index (χ4n) is 5.88. The molecule has 0 bridgehead atoms. The minimum Gasteiger partial charge on any atom is -0.480 e. The molecule has 3 unspecified atom stereocenters. The SMILES string of the molecule is CC1(C)S[C@H]2C(NC(=O)C(C(=O)Oc3ccc4c(c3)CCC4)c3ccccc3)C(=O)N2C1C(=O)O.CCN(CC)CC. The third-order valence-electron chi connectivity index (χ3n) is 8.23. The monoisotopic (exact) mass is 595 g/mol. The molecule has 0 spiro atoms. The molecule has 226 valence electrons. The summed E-state index contributed by atoms with van der Waals surface area (Å²) in [7, 11) is 0. The maximum absolute atomic E-state index is 13.4. The van der Waals surface area contributed by atoms with Gasteiger partial charge in [-0.15, -0.1) is 11.8 Å². The molecule has 2 amide bonds. The lowest BCUT2D eigenvalue weighted by atomic mass is 9.94. The molecule has 2 heterocycles. The average molecular weight is 596 g/mol. The van der Waals surface area contributed by atoms with Gasteiger partial charge in [-0.3, -0.25) is 14.4 Å². The van der Waals surface area contributed by atoms with Crippen LogP contribution in [-0.4, -0.2) is 80.5 Å². The molecular formula is C32H41N3O6S. The zero-order chi connectivity index (χ0) is 30.6. The van der Waals surface area contributed by atoms with E-state index in [1.165, 1.54) is 41.9 Å². The predicted octanol–water partition coefficient (Wildman–Crippen LogP) is 3.84. The highest BCUT2D eigenvalue weighted by atomic mass is 32.2. The number of carbonyl (C=O) groups excluding carboxylic acids is 3. The summed E-state index contributed by atoms with van der Waals surface area (Å²) in [6.45, 7) is 13.7. The van der Waals surface area contributed by atoms with Gasteiger partial charge in [0.05, 0.1) is 0 Å². The Morgan fingerprint density at radius 2 is 1.69 bits per heavy atom. The number of hydrogen-bond donors (Lipinski definition) is 2. The molecule has 42 heavy (non-hydrogen) atoms. The fraction of sp³-hybridized carbons (Fsp3) is 0.500. The van der Waals surface area contributed by atoms with Crippen molar-refractivity contribution in [3.05, 3.63) is 65.2 Å². The van der Waals surface area contributed by atoms with Gasteiger partial charge < -0.3 is 25.0 Å². The van der Waals surface area contributed by atoms with Crippen LogP contribution >= 0.6 is 11.8 Å². The Labute approximate surface area is 252 Å². The number of rotatable bonds is 9. The van der Waals surface area contributed by atoms with E-state index < -0.39 is 51.9 Å². The Kier molecular flexibility index (Phi) is 9.99. The van der Waals surface area contributed by atoms with Crippen molar-refractivity contribution in [1.29, 1.82) is 0 Å². The number of nitrogens with zero attached hydrogens (tertiary/aromatic N) is 2. The van der Waals surface area contributed by atoms with Gasteiger partial charge in [-0.1, -0.05) is 57.2 Å². The lowest BCUT2D eigenvalue weighted by Gasteiger charge is -2.43. The molecule has 10 heteroatoms. The molecule has 4 atom stereocenters. The molecule has 1 aliphatic carbocycles. The van der Waals surface area contributed by atoms with E-state index in [2.05, 4.69) is 31.0 Å². The van der Waals surface area contributed by atoms with Gasteiger partial charge in [0.15, 0.2) is 5.92 Å². The van der Waals surface area contributed by atoms with Gasteiger partial charge >= 0.3 is 11.9 Å². The van der Waals surface area contributed by atoms with Crippen LogP contribution < -0.4 is 10.1 Å². The second kappa shape index (κ2) is 13.3. The third kappa shape index (κ3) is 6.49. The van der Waals surface area contributed by atoms with Crippen LogP contribution in [0.25, 0.3) is 0 Å². The van der Waals surface area contributed by atoms with E-state index in [-0.39, 0.29) is 0 Å². The Morgan fingerprint density at radius 3 is 2.29 bits per heavy atom. The van der Waals surface area contributed by atoms with E-state index in [0.29, 0.717) is 11.3 Å². The molecule has 9 nitrogen and oxygen atoms in total. The summed E-state index contributed by atoms with van der Waals surface area (Å²) >= 11 is 1.33. The summed E-state index contributed by atoms with van der Waals surface area (Å²) in [4.78, 5) is 54.9. The molecule has 0 radical (unpaired) electrons. The highest BCUT2D eigenvalue weighted by Crippen LogP contribution is 2.50. The van der Waals surface area contributed by atoms with Crippen LogP contribution in [0.4, 0.5) is 0 Å². The molecule has 0 aromatic heterocycles. The summed E-state index contributed by atoms with van der Waals surface area (Å²) < 4.78 is 4.92. The van der Waals surface area contributed by atoms with E-state index in [1.807, 2.05) is 12.1 Å². The Morgan fingerprint density at radius 1 is 1.05 bits per heavy atom. The van der Waals surface area contributed by atoms with Gasteiger partial charge in [0.25, 0.3) is 0 Å². The second-order valence-electron chi connectivity index (χ2n) is 11.3. The number of benzene rings is 2. The molecule has 5 rings (SSSR count). The van der Waals surface area contributed by atoms with Crippen molar-refractivity contribution in [3.8, 4) is 5.75 Å². The van der Waals surface area contributed by atoms with Crippen LogP contribution in [0, 0.1) is 0 Å². The number of esters is 1. The van der Waals surface area contributed by atoms with E-state index in [1.54, 1.807) is 50.2 Å². The smallest absolute Gasteiger partial charge is 0.328 e. The first kappa shape index (κ1) is 31.6. The normalized spacial score (nSPS) is 22.3. The highest BCUT2D eigenvalue weighted by molar-refractivity contribution is 8.01. The topological polar surface area (TPSA) is 116 Å². The zero-order valence-corrected chi connectivity index (χ0v) is 25.8. The van der Waals surface area contributed by atoms with Crippen molar-refractivity contribution in [2.24, 2.45) is 0 Å². The van der Waals surface area contributed by atoms with Crippen molar-refractivity contribution in [2.45, 2.75) is 82.0 Å².